The van der Waals surface area contributed by atoms with Gasteiger partial charge in [-0.2, -0.15) is 4.98 Å². The molecule has 0 aliphatic carbocycles. The number of amides is 1. The van der Waals surface area contributed by atoms with Gasteiger partial charge in [-0.05, 0) is 66.0 Å². The van der Waals surface area contributed by atoms with Crippen molar-refractivity contribution in [1.82, 2.24) is 19.7 Å². The number of anilines is 1. The topological polar surface area (TPSA) is 108 Å². The average Bonchev–Trinajstić information content (AvgIpc) is 3.38. The molecule has 1 amide bonds. The Morgan fingerprint density at radius 3 is 2.69 bits per heavy atom. The van der Waals surface area contributed by atoms with Gasteiger partial charge in [-0.1, -0.05) is 41.6 Å². The van der Waals surface area contributed by atoms with Crippen molar-refractivity contribution >= 4 is 56.9 Å². The van der Waals surface area contributed by atoms with E-state index in [9.17, 15) is 9.59 Å². The summed E-state index contributed by atoms with van der Waals surface area (Å²) in [5, 5.41) is 9.26. The van der Waals surface area contributed by atoms with Crippen molar-refractivity contribution in [3.8, 4) is 11.5 Å². The minimum Gasteiger partial charge on any atom is -0.490 e. The number of ketones is 1. The molecule has 1 saturated heterocycles. The molecule has 0 radical (unpaired) electrons. The van der Waals surface area contributed by atoms with Crippen LogP contribution in [0.4, 0.5) is 5.95 Å². The molecule has 1 aromatic heterocycles. The van der Waals surface area contributed by atoms with Crippen LogP contribution in [0.3, 0.4) is 0 Å². The minimum absolute atomic E-state index is 0.0954. The summed E-state index contributed by atoms with van der Waals surface area (Å²) in [6.07, 6.45) is 0. The van der Waals surface area contributed by atoms with Gasteiger partial charge in [-0.15, -0.1) is 5.10 Å². The number of benzene rings is 2. The van der Waals surface area contributed by atoms with Crippen LogP contribution in [0.2, 0.25) is 5.02 Å². The summed E-state index contributed by atoms with van der Waals surface area (Å²) in [7, 11) is 0. The minimum atomic E-state index is -0.569. The third-order valence-electron chi connectivity index (χ3n) is 6.88. The second kappa shape index (κ2) is 13.5. The first-order valence-electron chi connectivity index (χ1n) is 13.5. The molecule has 1 fully saturated rings. The molecule has 13 heteroatoms. The van der Waals surface area contributed by atoms with Gasteiger partial charge in [0.05, 0.1) is 24.3 Å². The summed E-state index contributed by atoms with van der Waals surface area (Å²) in [5.74, 6) is 1.76. The zero-order chi connectivity index (χ0) is 29.8. The molecule has 1 unspecified atom stereocenters. The number of ether oxygens (including phenoxy) is 3. The molecule has 0 spiro atoms. The fourth-order valence-corrected chi connectivity index (χ4v) is 6.59. The number of nitrogens with zero attached hydrogens (tertiary/aromatic N) is 4. The Morgan fingerprint density at radius 2 is 1.98 bits per heavy atom. The van der Waals surface area contributed by atoms with Crippen molar-refractivity contribution in [2.75, 3.05) is 44.8 Å². The zero-order valence-corrected chi connectivity index (χ0v) is 26.6. The number of carbonyl (C=O) groups excluding carboxylic acids is 2. The maximum absolute atomic E-state index is 13.0. The van der Waals surface area contributed by atoms with E-state index in [0.717, 1.165) is 11.1 Å². The van der Waals surface area contributed by atoms with Crippen molar-refractivity contribution in [3.05, 3.63) is 68.3 Å². The first-order valence-corrected chi connectivity index (χ1v) is 15.7. The molecule has 1 N–H and O–H groups in total. The fourth-order valence-electron chi connectivity index (χ4n) is 4.90. The highest BCUT2D eigenvalue weighted by Gasteiger charge is 2.34. The van der Waals surface area contributed by atoms with E-state index >= 15 is 0 Å². The van der Waals surface area contributed by atoms with Crippen LogP contribution in [-0.4, -0.2) is 70.9 Å². The van der Waals surface area contributed by atoms with E-state index < -0.39 is 6.04 Å². The Hall–Kier alpha value is -3.06. The van der Waals surface area contributed by atoms with Gasteiger partial charge in [0.2, 0.25) is 11.1 Å². The molecule has 0 saturated carbocycles. The zero-order valence-electron chi connectivity index (χ0n) is 23.5. The molecule has 10 nitrogen and oxygen atoms in total. The highest BCUT2D eigenvalue weighted by Crippen LogP contribution is 2.43. The number of rotatable bonds is 10. The fraction of sp³-hybridized carbons (Fsp3) is 0.379. The molecule has 222 valence electrons. The molecule has 2 aliphatic heterocycles. The summed E-state index contributed by atoms with van der Waals surface area (Å²) in [4.78, 5) is 32.1. The summed E-state index contributed by atoms with van der Waals surface area (Å²) in [6.45, 7) is 7.60. The third kappa shape index (κ3) is 6.61. The second-order valence-corrected chi connectivity index (χ2v) is 11.9. The van der Waals surface area contributed by atoms with Crippen molar-refractivity contribution < 1.29 is 23.8 Å². The Morgan fingerprint density at radius 1 is 1.21 bits per heavy atom. The summed E-state index contributed by atoms with van der Waals surface area (Å²) in [5.41, 5.74) is 2.98. The van der Waals surface area contributed by atoms with Crippen LogP contribution in [-0.2, 0) is 20.1 Å². The molecule has 5 rings (SSSR count). The highest BCUT2D eigenvalue weighted by atomic mass is 79.9. The summed E-state index contributed by atoms with van der Waals surface area (Å²) >= 11 is 11.4. The Kier molecular flexibility index (Phi) is 9.77. The predicted molar refractivity (Wildman–Crippen MR) is 164 cm³/mol. The van der Waals surface area contributed by atoms with Gasteiger partial charge >= 0.3 is 0 Å². The van der Waals surface area contributed by atoms with Gasteiger partial charge in [0, 0.05) is 35.1 Å². The Bertz CT molecular complexity index is 1520. The number of morpholine rings is 1. The van der Waals surface area contributed by atoms with E-state index in [-0.39, 0.29) is 18.3 Å². The van der Waals surface area contributed by atoms with Crippen LogP contribution in [0.25, 0.3) is 0 Å². The summed E-state index contributed by atoms with van der Waals surface area (Å²) < 4.78 is 19.6. The number of fused-ring (bicyclic) bond motifs is 1. The van der Waals surface area contributed by atoms with E-state index in [1.165, 1.54) is 18.7 Å². The number of halogens is 2. The smallest absolute Gasteiger partial charge is 0.260 e. The molecule has 3 aromatic rings. The molecule has 42 heavy (non-hydrogen) atoms. The number of hydrogen-bond donors (Lipinski definition) is 1. The number of thioether (sulfide) groups is 1. The van der Waals surface area contributed by atoms with Gasteiger partial charge in [0.25, 0.3) is 5.91 Å². The van der Waals surface area contributed by atoms with Crippen LogP contribution < -0.4 is 14.8 Å². The molecule has 3 heterocycles. The number of aromatic nitrogens is 3. The lowest BCUT2D eigenvalue weighted by atomic mass is 9.93. The number of hydrogen-bond acceptors (Lipinski definition) is 9. The molecular formula is C29H31BrClN5O5S. The number of carbonyl (C=O) groups is 2. The first kappa shape index (κ1) is 30.4. The predicted octanol–water partition coefficient (Wildman–Crippen LogP) is 5.50. The normalized spacial score (nSPS) is 16.6. The number of nitrogens with one attached hydrogen (secondary N) is 1. The quantitative estimate of drug-likeness (QED) is 0.279. The lowest BCUT2D eigenvalue weighted by Gasteiger charge is -2.29. The Balaban J connectivity index is 1.46. The standard InChI is InChI=1S/C29H31BrClN5O5S/c1-4-40-23-14-20(13-21(30)27(23)41-15-24(38)35-9-11-39-12-10-35)26-25(18(3)37)17(2)32-28-33-29(34-36(26)28)42-16-19-7-5-6-8-22(19)31/h5-8,13-14,26H,4,9-12,15-16H2,1-3H3,(H,32,33,34). The van der Waals surface area contributed by atoms with E-state index in [1.807, 2.05) is 50.2 Å². The maximum atomic E-state index is 13.0. The van der Waals surface area contributed by atoms with Crippen LogP contribution in [0.1, 0.15) is 37.9 Å². The van der Waals surface area contributed by atoms with Crippen molar-refractivity contribution in [3.63, 3.8) is 0 Å². The first-order chi connectivity index (χ1) is 20.3. The molecule has 2 aromatic carbocycles. The third-order valence-corrected chi connectivity index (χ3v) is 8.72. The molecule has 2 aliphatic rings. The van der Waals surface area contributed by atoms with E-state index in [2.05, 4.69) is 21.2 Å². The highest BCUT2D eigenvalue weighted by molar-refractivity contribution is 9.10. The molecule has 0 bridgehead atoms. The molecule has 1 atom stereocenters. The van der Waals surface area contributed by atoms with Gasteiger partial charge in [-0.25, -0.2) is 4.68 Å². The molecular weight excluding hydrogens is 646 g/mol. The summed E-state index contributed by atoms with van der Waals surface area (Å²) in [6, 6.07) is 10.8. The van der Waals surface area contributed by atoms with Crippen LogP contribution in [0, 0.1) is 0 Å². The van der Waals surface area contributed by atoms with Gasteiger partial charge < -0.3 is 24.4 Å². The van der Waals surface area contributed by atoms with Crippen LogP contribution in [0.5, 0.6) is 11.5 Å². The SMILES string of the molecule is CCOc1cc(C2C(C(C)=O)=C(C)Nc3nc(SCc4ccccc4Cl)nn32)cc(Br)c1OCC(=O)N1CCOCC1. The monoisotopic (exact) mass is 675 g/mol. The van der Waals surface area contributed by atoms with Crippen molar-refractivity contribution in [2.45, 2.75) is 37.7 Å². The van der Waals surface area contributed by atoms with E-state index in [0.29, 0.717) is 82.0 Å². The number of Topliss-reactive ketones (excluding diaryl/α,β-unsaturated/α-hetero) is 1. The van der Waals surface area contributed by atoms with Crippen LogP contribution >= 0.6 is 39.3 Å². The largest absolute Gasteiger partial charge is 0.490 e. The van der Waals surface area contributed by atoms with Crippen molar-refractivity contribution in [2.24, 2.45) is 0 Å². The lowest BCUT2D eigenvalue weighted by molar-refractivity contribution is -0.137. The average molecular weight is 677 g/mol. The number of allylic oxidation sites excluding steroid dienone is 2. The van der Waals surface area contributed by atoms with E-state index in [1.54, 1.807) is 9.58 Å². The van der Waals surface area contributed by atoms with Gasteiger partial charge in [-0.3, -0.25) is 9.59 Å². The van der Waals surface area contributed by atoms with Gasteiger partial charge in [0.15, 0.2) is 23.9 Å². The van der Waals surface area contributed by atoms with Crippen LogP contribution in [0.15, 0.2) is 57.3 Å². The Labute approximate surface area is 261 Å². The second-order valence-electron chi connectivity index (χ2n) is 9.71. The lowest BCUT2D eigenvalue weighted by Crippen LogP contribution is -2.43. The van der Waals surface area contributed by atoms with Crippen molar-refractivity contribution in [1.29, 1.82) is 0 Å². The van der Waals surface area contributed by atoms with E-state index in [4.69, 9.17) is 35.9 Å². The maximum Gasteiger partial charge on any atom is 0.260 e. The van der Waals surface area contributed by atoms with Gasteiger partial charge in [0.1, 0.15) is 6.04 Å².